The van der Waals surface area contributed by atoms with Crippen molar-refractivity contribution in [3.05, 3.63) is 28.0 Å². The van der Waals surface area contributed by atoms with Gasteiger partial charge in [0.15, 0.2) is 0 Å². The summed E-state index contributed by atoms with van der Waals surface area (Å²) in [5.41, 5.74) is -1.02. The van der Waals surface area contributed by atoms with E-state index in [2.05, 4.69) is 10.3 Å². The summed E-state index contributed by atoms with van der Waals surface area (Å²) in [5.74, 6) is -0.501. The van der Waals surface area contributed by atoms with Gasteiger partial charge in [0.1, 0.15) is 15.8 Å². The van der Waals surface area contributed by atoms with Gasteiger partial charge in [-0.1, -0.05) is 23.2 Å². The molecule has 1 aromatic rings. The summed E-state index contributed by atoms with van der Waals surface area (Å²) in [6.45, 7) is 0. The third kappa shape index (κ3) is 3.13. The van der Waals surface area contributed by atoms with Crippen LogP contribution in [-0.4, -0.2) is 39.0 Å². The lowest BCUT2D eigenvalue weighted by Gasteiger charge is -2.24. The maximum absolute atomic E-state index is 12.1. The molecule has 0 aromatic carbocycles. The Morgan fingerprint density at radius 2 is 2.00 bits per heavy atom. The van der Waals surface area contributed by atoms with Crippen molar-refractivity contribution in [1.82, 2.24) is 10.3 Å². The van der Waals surface area contributed by atoms with Crippen LogP contribution in [0.25, 0.3) is 0 Å². The lowest BCUT2D eigenvalue weighted by molar-refractivity contribution is -0.143. The number of carboxylic acid groups (broad SMARTS) is 1. The van der Waals surface area contributed by atoms with Gasteiger partial charge in [0, 0.05) is 11.3 Å². The fraction of sp³-hybridized carbons (Fsp3) is 0.364. The zero-order chi connectivity index (χ0) is 14.0. The highest BCUT2D eigenvalue weighted by molar-refractivity contribution is 7.99. The number of aromatic nitrogens is 1. The first-order valence-corrected chi connectivity index (χ1v) is 7.31. The summed E-state index contributed by atoms with van der Waals surface area (Å²) in [6.07, 6.45) is 0.394. The highest BCUT2D eigenvalue weighted by atomic mass is 35.5. The Hall–Kier alpha value is -0.980. The number of nitrogens with one attached hydrogen (secondary N) is 1. The zero-order valence-electron chi connectivity index (χ0n) is 9.65. The fourth-order valence-electron chi connectivity index (χ4n) is 1.77. The van der Waals surface area contributed by atoms with Crippen molar-refractivity contribution < 1.29 is 14.7 Å². The molecule has 19 heavy (non-hydrogen) atoms. The highest BCUT2D eigenvalue weighted by Gasteiger charge is 2.43. The third-order valence-corrected chi connectivity index (χ3v) is 4.39. The van der Waals surface area contributed by atoms with Gasteiger partial charge in [0.05, 0.1) is 0 Å². The van der Waals surface area contributed by atoms with E-state index in [1.54, 1.807) is 0 Å². The Balaban J connectivity index is 2.22. The van der Waals surface area contributed by atoms with E-state index in [1.165, 1.54) is 23.9 Å². The van der Waals surface area contributed by atoms with Crippen molar-refractivity contribution in [1.29, 1.82) is 0 Å². The molecule has 0 radical (unpaired) electrons. The molecule has 1 aliphatic rings. The van der Waals surface area contributed by atoms with E-state index < -0.39 is 17.4 Å². The van der Waals surface area contributed by atoms with E-state index in [1.807, 2.05) is 0 Å². The predicted molar refractivity (Wildman–Crippen MR) is 74.0 cm³/mol. The van der Waals surface area contributed by atoms with Crippen LogP contribution >= 0.6 is 35.0 Å². The molecule has 2 rings (SSSR count). The first-order valence-electron chi connectivity index (χ1n) is 5.40. The maximum Gasteiger partial charge on any atom is 0.330 e. The Morgan fingerprint density at radius 1 is 1.37 bits per heavy atom. The molecule has 102 valence electrons. The van der Waals surface area contributed by atoms with E-state index in [9.17, 15) is 14.7 Å². The molecule has 1 fully saturated rings. The molecular weight excluding hydrogens is 311 g/mol. The van der Waals surface area contributed by atoms with Crippen LogP contribution in [0.3, 0.4) is 0 Å². The van der Waals surface area contributed by atoms with E-state index >= 15 is 0 Å². The van der Waals surface area contributed by atoms with Crippen molar-refractivity contribution >= 4 is 46.8 Å². The van der Waals surface area contributed by atoms with Gasteiger partial charge in [-0.15, -0.1) is 0 Å². The minimum absolute atomic E-state index is 0.0859. The second-order valence-electron chi connectivity index (χ2n) is 4.15. The van der Waals surface area contributed by atoms with Crippen LogP contribution in [0.5, 0.6) is 0 Å². The van der Waals surface area contributed by atoms with Gasteiger partial charge in [-0.05, 0) is 24.3 Å². The zero-order valence-corrected chi connectivity index (χ0v) is 12.0. The standard InChI is InChI=1S/C11H10Cl2N2O3S/c12-7-3-6(4-8(13)14-7)9(16)15-11(10(17)18)1-2-19-5-11/h3-4H,1-2,5H2,(H,15,16)(H,17,18). The number of pyridine rings is 1. The van der Waals surface area contributed by atoms with Crippen molar-refractivity contribution in [3.8, 4) is 0 Å². The number of nitrogens with zero attached hydrogens (tertiary/aromatic N) is 1. The number of carboxylic acids is 1. The second kappa shape index (κ2) is 5.56. The molecule has 1 unspecified atom stereocenters. The monoisotopic (exact) mass is 320 g/mol. The second-order valence-corrected chi connectivity index (χ2v) is 6.02. The van der Waals surface area contributed by atoms with Gasteiger partial charge >= 0.3 is 5.97 Å². The number of hydrogen-bond donors (Lipinski definition) is 2. The Morgan fingerprint density at radius 3 is 2.47 bits per heavy atom. The van der Waals surface area contributed by atoms with Crippen molar-refractivity contribution in [2.24, 2.45) is 0 Å². The van der Waals surface area contributed by atoms with Crippen LogP contribution in [-0.2, 0) is 4.79 Å². The molecule has 1 atom stereocenters. The number of halogens is 2. The quantitative estimate of drug-likeness (QED) is 0.833. The van der Waals surface area contributed by atoms with Gasteiger partial charge in [0.25, 0.3) is 5.91 Å². The Kier molecular flexibility index (Phi) is 4.23. The molecule has 2 N–H and O–H groups in total. The molecule has 0 saturated carbocycles. The van der Waals surface area contributed by atoms with Crippen molar-refractivity contribution in [3.63, 3.8) is 0 Å². The number of hydrogen-bond acceptors (Lipinski definition) is 4. The molecule has 1 saturated heterocycles. The molecule has 0 bridgehead atoms. The van der Waals surface area contributed by atoms with Gasteiger partial charge in [0.2, 0.25) is 0 Å². The molecule has 0 spiro atoms. The first kappa shape index (κ1) is 14.4. The summed E-state index contributed by atoms with van der Waals surface area (Å²) < 4.78 is 0. The SMILES string of the molecule is O=C(NC1(C(=O)O)CCSC1)c1cc(Cl)nc(Cl)c1. The average molecular weight is 321 g/mol. The predicted octanol–water partition coefficient (Wildman–Crippen LogP) is 2.08. The van der Waals surface area contributed by atoms with Crippen LogP contribution in [0.4, 0.5) is 0 Å². The minimum Gasteiger partial charge on any atom is -0.479 e. The van der Waals surface area contributed by atoms with Gasteiger partial charge in [-0.3, -0.25) is 4.79 Å². The Labute approximate surface area is 123 Å². The van der Waals surface area contributed by atoms with Gasteiger partial charge < -0.3 is 10.4 Å². The largest absolute Gasteiger partial charge is 0.479 e. The van der Waals surface area contributed by atoms with Crippen LogP contribution in [0.1, 0.15) is 16.8 Å². The summed E-state index contributed by atoms with van der Waals surface area (Å²) in [7, 11) is 0. The van der Waals surface area contributed by atoms with E-state index in [-0.39, 0.29) is 15.9 Å². The number of thioether (sulfide) groups is 1. The molecule has 2 heterocycles. The first-order chi connectivity index (χ1) is 8.93. The number of rotatable bonds is 3. The Bertz CT molecular complexity index is 512. The molecular formula is C11H10Cl2N2O3S. The van der Waals surface area contributed by atoms with Gasteiger partial charge in [-0.25, -0.2) is 9.78 Å². The van der Waals surface area contributed by atoms with E-state index in [0.717, 1.165) is 0 Å². The van der Waals surface area contributed by atoms with Crippen LogP contribution < -0.4 is 5.32 Å². The maximum atomic E-state index is 12.1. The average Bonchev–Trinajstić information content (AvgIpc) is 2.77. The van der Waals surface area contributed by atoms with E-state index in [0.29, 0.717) is 17.9 Å². The van der Waals surface area contributed by atoms with E-state index in [4.69, 9.17) is 23.2 Å². The molecule has 1 aromatic heterocycles. The molecule has 0 aliphatic carbocycles. The molecule has 5 nitrogen and oxygen atoms in total. The van der Waals surface area contributed by atoms with Gasteiger partial charge in [-0.2, -0.15) is 11.8 Å². The molecule has 1 amide bonds. The lowest BCUT2D eigenvalue weighted by atomic mass is 9.98. The smallest absolute Gasteiger partial charge is 0.330 e. The number of amides is 1. The summed E-state index contributed by atoms with van der Waals surface area (Å²) in [6, 6.07) is 2.70. The summed E-state index contributed by atoms with van der Waals surface area (Å²) in [4.78, 5) is 27.1. The van der Waals surface area contributed by atoms with Crippen LogP contribution in [0.2, 0.25) is 10.3 Å². The fourth-order valence-corrected chi connectivity index (χ4v) is 3.56. The third-order valence-electron chi connectivity index (χ3n) is 2.81. The lowest BCUT2D eigenvalue weighted by Crippen LogP contribution is -2.54. The molecule has 1 aliphatic heterocycles. The van der Waals surface area contributed by atoms with Crippen molar-refractivity contribution in [2.75, 3.05) is 11.5 Å². The molecule has 8 heteroatoms. The number of aliphatic carboxylic acids is 1. The number of carbonyl (C=O) groups is 2. The minimum atomic E-state index is -1.22. The van der Waals surface area contributed by atoms with Crippen LogP contribution in [0, 0.1) is 0 Å². The highest BCUT2D eigenvalue weighted by Crippen LogP contribution is 2.29. The van der Waals surface area contributed by atoms with Crippen molar-refractivity contribution in [2.45, 2.75) is 12.0 Å². The number of carbonyl (C=O) groups excluding carboxylic acids is 1. The summed E-state index contributed by atoms with van der Waals surface area (Å²) >= 11 is 12.9. The van der Waals surface area contributed by atoms with Crippen LogP contribution in [0.15, 0.2) is 12.1 Å². The summed E-state index contributed by atoms with van der Waals surface area (Å²) in [5, 5.41) is 12.0. The topological polar surface area (TPSA) is 79.3 Å². The normalized spacial score (nSPS) is 22.2.